The van der Waals surface area contributed by atoms with Crippen LogP contribution in [0.25, 0.3) is 0 Å². The smallest absolute Gasteiger partial charge is 0.292 e. The van der Waals surface area contributed by atoms with Gasteiger partial charge in [0.1, 0.15) is 5.69 Å². The fourth-order valence-electron chi connectivity index (χ4n) is 1.24. The van der Waals surface area contributed by atoms with Gasteiger partial charge in [0.15, 0.2) is 5.11 Å². The van der Waals surface area contributed by atoms with Crippen molar-refractivity contribution in [3.8, 4) is 0 Å². The van der Waals surface area contributed by atoms with Gasteiger partial charge in [0.05, 0.1) is 4.92 Å². The van der Waals surface area contributed by atoms with Crippen molar-refractivity contribution in [2.75, 3.05) is 25.5 Å². The van der Waals surface area contributed by atoms with E-state index in [4.69, 9.17) is 12.2 Å². The molecule has 0 aromatic heterocycles. The maximum Gasteiger partial charge on any atom is 0.292 e. The van der Waals surface area contributed by atoms with Crippen molar-refractivity contribution in [3.63, 3.8) is 0 Å². The molecule has 92 valence electrons. The van der Waals surface area contributed by atoms with Crippen LogP contribution in [-0.2, 0) is 0 Å². The number of hydrogen-bond donors (Lipinski definition) is 3. The molecule has 0 bridgehead atoms. The maximum atomic E-state index is 10.7. The van der Waals surface area contributed by atoms with E-state index in [2.05, 4.69) is 16.0 Å². The lowest BCUT2D eigenvalue weighted by Gasteiger charge is -2.09. The number of nitrogens with one attached hydrogen (secondary N) is 3. The van der Waals surface area contributed by atoms with E-state index in [1.54, 1.807) is 25.2 Å². The second-order valence-electron chi connectivity index (χ2n) is 3.21. The van der Waals surface area contributed by atoms with Crippen molar-refractivity contribution in [2.24, 2.45) is 0 Å². The fraction of sp³-hybridized carbons (Fsp3) is 0.300. The molecule has 7 heteroatoms. The molecule has 0 saturated heterocycles. The number of nitrogens with zero attached hydrogens (tertiary/aromatic N) is 1. The quantitative estimate of drug-likeness (QED) is 0.316. The third-order valence-electron chi connectivity index (χ3n) is 2.05. The van der Waals surface area contributed by atoms with E-state index in [0.717, 1.165) is 0 Å². The summed E-state index contributed by atoms with van der Waals surface area (Å²) in [7, 11) is 1.73. The highest BCUT2D eigenvalue weighted by Crippen LogP contribution is 2.22. The zero-order valence-corrected chi connectivity index (χ0v) is 10.2. The molecule has 3 N–H and O–H groups in total. The van der Waals surface area contributed by atoms with Gasteiger partial charge in [-0.15, -0.1) is 0 Å². The molecule has 0 aliphatic carbocycles. The van der Waals surface area contributed by atoms with Gasteiger partial charge in [0, 0.05) is 26.2 Å². The van der Waals surface area contributed by atoms with E-state index in [-0.39, 0.29) is 5.69 Å². The SMILES string of the molecule is CNC(=S)NCCNc1ccccc1[N+](=O)[O-]. The summed E-state index contributed by atoms with van der Waals surface area (Å²) >= 11 is 4.89. The minimum absolute atomic E-state index is 0.0729. The van der Waals surface area contributed by atoms with E-state index in [9.17, 15) is 10.1 Å². The molecule has 0 saturated carbocycles. The molecular formula is C10H14N4O2S. The number of rotatable bonds is 5. The number of thiocarbonyl (C=S) groups is 1. The minimum atomic E-state index is -0.409. The predicted molar refractivity (Wildman–Crippen MR) is 71.2 cm³/mol. The monoisotopic (exact) mass is 254 g/mol. The van der Waals surface area contributed by atoms with Crippen molar-refractivity contribution in [2.45, 2.75) is 0 Å². The number of nitro benzene ring substituents is 1. The lowest BCUT2D eigenvalue weighted by molar-refractivity contribution is -0.384. The summed E-state index contributed by atoms with van der Waals surface area (Å²) in [4.78, 5) is 10.3. The Balaban J connectivity index is 2.46. The zero-order chi connectivity index (χ0) is 12.7. The van der Waals surface area contributed by atoms with Crippen molar-refractivity contribution in [1.82, 2.24) is 10.6 Å². The molecule has 0 spiro atoms. The molecule has 0 aliphatic heterocycles. The number of hydrogen-bond acceptors (Lipinski definition) is 4. The molecule has 1 rings (SSSR count). The van der Waals surface area contributed by atoms with Crippen LogP contribution in [0.1, 0.15) is 0 Å². The Kier molecular flexibility index (Phi) is 5.15. The Labute approximate surface area is 105 Å². The first kappa shape index (κ1) is 13.2. The van der Waals surface area contributed by atoms with Crippen LogP contribution in [0.15, 0.2) is 24.3 Å². The summed E-state index contributed by atoms with van der Waals surface area (Å²) in [6, 6.07) is 6.53. The molecule has 0 radical (unpaired) electrons. The van der Waals surface area contributed by atoms with E-state index < -0.39 is 4.92 Å². The van der Waals surface area contributed by atoms with Crippen molar-refractivity contribution >= 4 is 28.7 Å². The Morgan fingerprint density at radius 1 is 1.41 bits per heavy atom. The normalized spacial score (nSPS) is 9.47. The molecule has 1 aromatic carbocycles. The number of nitro groups is 1. The second kappa shape index (κ2) is 6.64. The van der Waals surface area contributed by atoms with Crippen LogP contribution in [0.3, 0.4) is 0 Å². The molecule has 0 fully saturated rings. The Hall–Kier alpha value is -1.89. The Morgan fingerprint density at radius 2 is 2.12 bits per heavy atom. The lowest BCUT2D eigenvalue weighted by atomic mass is 10.2. The van der Waals surface area contributed by atoms with Crippen molar-refractivity contribution in [1.29, 1.82) is 0 Å². The summed E-state index contributed by atoms with van der Waals surface area (Å²) in [6.07, 6.45) is 0. The highest BCUT2D eigenvalue weighted by atomic mass is 32.1. The number of anilines is 1. The second-order valence-corrected chi connectivity index (χ2v) is 3.62. The molecule has 17 heavy (non-hydrogen) atoms. The zero-order valence-electron chi connectivity index (χ0n) is 9.40. The Bertz CT molecular complexity index is 411. The van der Waals surface area contributed by atoms with Crippen LogP contribution in [0.5, 0.6) is 0 Å². The number of para-hydroxylation sites is 2. The predicted octanol–water partition coefficient (Wildman–Crippen LogP) is 1.10. The van der Waals surface area contributed by atoms with E-state index in [0.29, 0.717) is 23.9 Å². The molecule has 0 unspecified atom stereocenters. The van der Waals surface area contributed by atoms with Crippen molar-refractivity contribution < 1.29 is 4.92 Å². The Morgan fingerprint density at radius 3 is 2.76 bits per heavy atom. The summed E-state index contributed by atoms with van der Waals surface area (Å²) in [5, 5.41) is 20.0. The van der Waals surface area contributed by atoms with Crippen LogP contribution in [0, 0.1) is 10.1 Å². The maximum absolute atomic E-state index is 10.7. The van der Waals surface area contributed by atoms with E-state index >= 15 is 0 Å². The number of benzene rings is 1. The van der Waals surface area contributed by atoms with Crippen LogP contribution in [-0.4, -0.2) is 30.2 Å². The molecule has 1 aromatic rings. The molecule has 0 aliphatic rings. The van der Waals surface area contributed by atoms with Crippen molar-refractivity contribution in [3.05, 3.63) is 34.4 Å². The summed E-state index contributed by atoms with van der Waals surface area (Å²) in [6.45, 7) is 1.14. The standard InChI is InChI=1S/C10H14N4O2S/c1-11-10(17)13-7-6-12-8-4-2-3-5-9(8)14(15)16/h2-5,12H,6-7H2,1H3,(H2,11,13,17). The van der Waals surface area contributed by atoms with Gasteiger partial charge in [-0.3, -0.25) is 10.1 Å². The third kappa shape index (κ3) is 4.23. The molecule has 0 atom stereocenters. The van der Waals surface area contributed by atoms with Crippen LogP contribution in [0.2, 0.25) is 0 Å². The van der Waals surface area contributed by atoms with Gasteiger partial charge in [-0.2, -0.15) is 0 Å². The molecule has 0 amide bonds. The van der Waals surface area contributed by atoms with E-state index in [1.165, 1.54) is 6.07 Å². The third-order valence-corrected chi connectivity index (χ3v) is 2.40. The van der Waals surface area contributed by atoms with Gasteiger partial charge in [0.25, 0.3) is 5.69 Å². The fourth-order valence-corrected chi connectivity index (χ4v) is 1.35. The highest BCUT2D eigenvalue weighted by molar-refractivity contribution is 7.80. The topological polar surface area (TPSA) is 79.2 Å². The first-order chi connectivity index (χ1) is 8.15. The van der Waals surface area contributed by atoms with Gasteiger partial charge >= 0.3 is 0 Å². The van der Waals surface area contributed by atoms with Gasteiger partial charge in [-0.25, -0.2) is 0 Å². The van der Waals surface area contributed by atoms with Crippen LogP contribution in [0.4, 0.5) is 11.4 Å². The first-order valence-electron chi connectivity index (χ1n) is 5.08. The molecule has 0 heterocycles. The minimum Gasteiger partial charge on any atom is -0.378 e. The van der Waals surface area contributed by atoms with Gasteiger partial charge in [-0.1, -0.05) is 12.1 Å². The average molecular weight is 254 g/mol. The first-order valence-corrected chi connectivity index (χ1v) is 5.49. The van der Waals surface area contributed by atoms with Crippen LogP contribution >= 0.6 is 12.2 Å². The lowest BCUT2D eigenvalue weighted by Crippen LogP contribution is -2.35. The highest BCUT2D eigenvalue weighted by Gasteiger charge is 2.10. The summed E-state index contributed by atoms with van der Waals surface area (Å²) in [5.74, 6) is 0. The molecular weight excluding hydrogens is 240 g/mol. The van der Waals surface area contributed by atoms with Gasteiger partial charge < -0.3 is 16.0 Å². The van der Waals surface area contributed by atoms with Crippen LogP contribution < -0.4 is 16.0 Å². The van der Waals surface area contributed by atoms with Gasteiger partial charge in [0.2, 0.25) is 0 Å². The van der Waals surface area contributed by atoms with Gasteiger partial charge in [-0.05, 0) is 18.3 Å². The molecule has 6 nitrogen and oxygen atoms in total. The van der Waals surface area contributed by atoms with E-state index in [1.807, 2.05) is 0 Å². The summed E-state index contributed by atoms with van der Waals surface area (Å²) in [5.41, 5.74) is 0.582. The largest absolute Gasteiger partial charge is 0.378 e. The average Bonchev–Trinajstić information content (AvgIpc) is 2.34. The summed E-state index contributed by atoms with van der Waals surface area (Å²) < 4.78 is 0.